The standard InChI is InChI=1S/C15H22N2O2/c1-19-14-8-3-2-7-13(14)15(18)17-10-11-5-4-6-12(16)9-11/h2-3,7-8,11-12H,4-6,9-10,16H2,1H3,(H,17,18). The average Bonchev–Trinajstić information content (AvgIpc) is 2.45. The smallest absolute Gasteiger partial charge is 0.255 e. The fourth-order valence-electron chi connectivity index (χ4n) is 2.68. The maximum Gasteiger partial charge on any atom is 0.255 e. The summed E-state index contributed by atoms with van der Waals surface area (Å²) in [7, 11) is 1.58. The number of ether oxygens (including phenoxy) is 1. The summed E-state index contributed by atoms with van der Waals surface area (Å²) in [6, 6.07) is 7.57. The van der Waals surface area contributed by atoms with Crippen molar-refractivity contribution < 1.29 is 9.53 Å². The summed E-state index contributed by atoms with van der Waals surface area (Å²) in [5, 5.41) is 2.99. The van der Waals surface area contributed by atoms with Gasteiger partial charge in [0.1, 0.15) is 5.75 Å². The molecule has 2 unspecified atom stereocenters. The summed E-state index contributed by atoms with van der Waals surface area (Å²) < 4.78 is 5.19. The molecule has 2 atom stereocenters. The topological polar surface area (TPSA) is 64.3 Å². The monoisotopic (exact) mass is 262 g/mol. The molecule has 19 heavy (non-hydrogen) atoms. The molecule has 0 radical (unpaired) electrons. The molecule has 0 aliphatic heterocycles. The number of amides is 1. The second-order valence-electron chi connectivity index (χ2n) is 5.20. The van der Waals surface area contributed by atoms with Crippen molar-refractivity contribution in [3.63, 3.8) is 0 Å². The van der Waals surface area contributed by atoms with E-state index in [9.17, 15) is 4.79 Å². The zero-order valence-corrected chi connectivity index (χ0v) is 11.4. The number of rotatable bonds is 4. The lowest BCUT2D eigenvalue weighted by atomic mass is 9.86. The summed E-state index contributed by atoms with van der Waals surface area (Å²) >= 11 is 0. The van der Waals surface area contributed by atoms with Crippen LogP contribution in [-0.2, 0) is 0 Å². The maximum absolute atomic E-state index is 12.1. The molecule has 1 aromatic carbocycles. The summed E-state index contributed by atoms with van der Waals surface area (Å²) in [5.41, 5.74) is 6.54. The average molecular weight is 262 g/mol. The lowest BCUT2D eigenvalue weighted by molar-refractivity contribution is 0.0939. The molecular weight excluding hydrogens is 240 g/mol. The van der Waals surface area contributed by atoms with E-state index < -0.39 is 0 Å². The molecule has 104 valence electrons. The number of benzene rings is 1. The fraction of sp³-hybridized carbons (Fsp3) is 0.533. The van der Waals surface area contributed by atoms with Crippen molar-refractivity contribution >= 4 is 5.91 Å². The molecule has 3 N–H and O–H groups in total. The van der Waals surface area contributed by atoms with Gasteiger partial charge >= 0.3 is 0 Å². The number of carbonyl (C=O) groups excluding carboxylic acids is 1. The van der Waals surface area contributed by atoms with Gasteiger partial charge in [0.05, 0.1) is 12.7 Å². The molecular formula is C15H22N2O2. The van der Waals surface area contributed by atoms with Gasteiger partial charge in [0.15, 0.2) is 0 Å². The Morgan fingerprint density at radius 2 is 2.21 bits per heavy atom. The maximum atomic E-state index is 12.1. The van der Waals surface area contributed by atoms with Gasteiger partial charge in [-0.25, -0.2) is 0 Å². The third-order valence-electron chi connectivity index (χ3n) is 3.73. The van der Waals surface area contributed by atoms with Crippen LogP contribution in [0.5, 0.6) is 5.75 Å². The summed E-state index contributed by atoms with van der Waals surface area (Å²) in [6.07, 6.45) is 4.43. The molecule has 2 rings (SSSR count). The van der Waals surface area contributed by atoms with Crippen LogP contribution in [-0.4, -0.2) is 25.6 Å². The Morgan fingerprint density at radius 3 is 2.95 bits per heavy atom. The number of nitrogens with two attached hydrogens (primary N) is 1. The van der Waals surface area contributed by atoms with Crippen LogP contribution in [0.1, 0.15) is 36.0 Å². The second-order valence-corrected chi connectivity index (χ2v) is 5.20. The van der Waals surface area contributed by atoms with Gasteiger partial charge in [0.25, 0.3) is 5.91 Å². The van der Waals surface area contributed by atoms with E-state index in [1.807, 2.05) is 12.1 Å². The predicted octanol–water partition coefficient (Wildman–Crippen LogP) is 1.94. The van der Waals surface area contributed by atoms with E-state index in [4.69, 9.17) is 10.5 Å². The molecule has 1 amide bonds. The van der Waals surface area contributed by atoms with Gasteiger partial charge in [-0.1, -0.05) is 18.6 Å². The van der Waals surface area contributed by atoms with Gasteiger partial charge in [-0.05, 0) is 37.3 Å². The number of hydrogen-bond donors (Lipinski definition) is 2. The molecule has 1 fully saturated rings. The first-order chi connectivity index (χ1) is 9.20. The molecule has 0 heterocycles. The van der Waals surface area contributed by atoms with E-state index in [2.05, 4.69) is 5.32 Å². The van der Waals surface area contributed by atoms with E-state index in [1.54, 1.807) is 19.2 Å². The van der Waals surface area contributed by atoms with Crippen molar-refractivity contribution in [2.45, 2.75) is 31.7 Å². The zero-order chi connectivity index (χ0) is 13.7. The molecule has 1 aliphatic carbocycles. The van der Waals surface area contributed by atoms with Crippen LogP contribution in [0.2, 0.25) is 0 Å². The molecule has 1 aliphatic rings. The van der Waals surface area contributed by atoms with Gasteiger partial charge in [-0.15, -0.1) is 0 Å². The fourth-order valence-corrected chi connectivity index (χ4v) is 2.68. The highest BCUT2D eigenvalue weighted by molar-refractivity contribution is 5.96. The SMILES string of the molecule is COc1ccccc1C(=O)NCC1CCCC(N)C1. The van der Waals surface area contributed by atoms with Gasteiger partial charge in [-0.2, -0.15) is 0 Å². The molecule has 1 aromatic rings. The number of para-hydroxylation sites is 1. The lowest BCUT2D eigenvalue weighted by Gasteiger charge is -2.26. The third kappa shape index (κ3) is 3.70. The number of hydrogen-bond acceptors (Lipinski definition) is 3. The highest BCUT2D eigenvalue weighted by atomic mass is 16.5. The van der Waals surface area contributed by atoms with Crippen LogP contribution >= 0.6 is 0 Å². The van der Waals surface area contributed by atoms with Crippen molar-refractivity contribution in [2.75, 3.05) is 13.7 Å². The third-order valence-corrected chi connectivity index (χ3v) is 3.73. The molecule has 0 aromatic heterocycles. The molecule has 4 heteroatoms. The van der Waals surface area contributed by atoms with Crippen LogP contribution in [0.15, 0.2) is 24.3 Å². The highest BCUT2D eigenvalue weighted by Crippen LogP contribution is 2.23. The normalized spacial score (nSPS) is 22.8. The second kappa shape index (κ2) is 6.57. The van der Waals surface area contributed by atoms with Gasteiger partial charge in [0, 0.05) is 12.6 Å². The Bertz CT molecular complexity index is 434. The minimum atomic E-state index is -0.0726. The summed E-state index contributed by atoms with van der Waals surface area (Å²) in [5.74, 6) is 1.04. The van der Waals surface area contributed by atoms with Crippen LogP contribution in [0, 0.1) is 5.92 Å². The number of methoxy groups -OCH3 is 1. The first-order valence-electron chi connectivity index (χ1n) is 6.87. The molecule has 4 nitrogen and oxygen atoms in total. The van der Waals surface area contributed by atoms with Crippen LogP contribution < -0.4 is 15.8 Å². The Kier molecular flexibility index (Phi) is 4.80. The van der Waals surface area contributed by atoms with Crippen LogP contribution in [0.3, 0.4) is 0 Å². The molecule has 0 saturated heterocycles. The number of nitrogens with one attached hydrogen (secondary N) is 1. The first-order valence-corrected chi connectivity index (χ1v) is 6.87. The van der Waals surface area contributed by atoms with Crippen molar-refractivity contribution in [3.8, 4) is 5.75 Å². The Hall–Kier alpha value is -1.55. The van der Waals surface area contributed by atoms with Crippen molar-refractivity contribution in [1.29, 1.82) is 0 Å². The van der Waals surface area contributed by atoms with Crippen LogP contribution in [0.4, 0.5) is 0 Å². The summed E-state index contributed by atoms with van der Waals surface area (Å²) in [6.45, 7) is 0.699. The van der Waals surface area contributed by atoms with E-state index in [0.29, 0.717) is 29.8 Å². The highest BCUT2D eigenvalue weighted by Gasteiger charge is 2.20. The first kappa shape index (κ1) is 13.9. The van der Waals surface area contributed by atoms with Gasteiger partial charge < -0.3 is 15.8 Å². The van der Waals surface area contributed by atoms with Crippen molar-refractivity contribution in [2.24, 2.45) is 11.7 Å². The molecule has 1 saturated carbocycles. The van der Waals surface area contributed by atoms with Crippen LogP contribution in [0.25, 0.3) is 0 Å². The minimum Gasteiger partial charge on any atom is -0.496 e. The Morgan fingerprint density at radius 1 is 1.42 bits per heavy atom. The van der Waals surface area contributed by atoms with E-state index in [1.165, 1.54) is 0 Å². The largest absolute Gasteiger partial charge is 0.496 e. The van der Waals surface area contributed by atoms with E-state index in [-0.39, 0.29) is 5.91 Å². The van der Waals surface area contributed by atoms with Crippen molar-refractivity contribution in [1.82, 2.24) is 5.32 Å². The van der Waals surface area contributed by atoms with E-state index >= 15 is 0 Å². The summed E-state index contributed by atoms with van der Waals surface area (Å²) in [4.78, 5) is 12.1. The Balaban J connectivity index is 1.90. The Labute approximate surface area is 114 Å². The predicted molar refractivity (Wildman–Crippen MR) is 75.3 cm³/mol. The van der Waals surface area contributed by atoms with Gasteiger partial charge in [-0.3, -0.25) is 4.79 Å². The minimum absolute atomic E-state index is 0.0726. The van der Waals surface area contributed by atoms with E-state index in [0.717, 1.165) is 25.7 Å². The van der Waals surface area contributed by atoms with Gasteiger partial charge in [0.2, 0.25) is 0 Å². The molecule has 0 spiro atoms. The quantitative estimate of drug-likeness (QED) is 0.871. The molecule has 0 bridgehead atoms. The lowest BCUT2D eigenvalue weighted by Crippen LogP contribution is -2.35. The number of carbonyl (C=O) groups is 1. The zero-order valence-electron chi connectivity index (χ0n) is 11.4. The van der Waals surface area contributed by atoms with Crippen molar-refractivity contribution in [3.05, 3.63) is 29.8 Å².